The van der Waals surface area contributed by atoms with Gasteiger partial charge in [0.25, 0.3) is 5.91 Å². The van der Waals surface area contributed by atoms with Gasteiger partial charge in [-0.05, 0) is 29.8 Å². The molecule has 2 aromatic rings. The van der Waals surface area contributed by atoms with Crippen LogP contribution < -0.4 is 0 Å². The molecule has 126 valence electrons. The fourth-order valence-corrected chi connectivity index (χ4v) is 2.92. The van der Waals surface area contributed by atoms with Crippen LogP contribution in [0.3, 0.4) is 0 Å². The summed E-state index contributed by atoms with van der Waals surface area (Å²) in [6, 6.07) is 16.4. The number of carbonyl (C=O) groups is 1. The molecule has 0 heterocycles. The highest BCUT2D eigenvalue weighted by Crippen LogP contribution is 2.15. The minimum atomic E-state index is -3.30. The minimum absolute atomic E-state index is 0.135. The molecule has 7 heteroatoms. The first kappa shape index (κ1) is 18.2. The van der Waals surface area contributed by atoms with Gasteiger partial charge in [-0.3, -0.25) is 4.79 Å². The zero-order valence-electron chi connectivity index (χ0n) is 13.5. The summed E-state index contributed by atoms with van der Waals surface area (Å²) in [7, 11) is -3.30. The van der Waals surface area contributed by atoms with Crippen molar-refractivity contribution in [3.63, 3.8) is 0 Å². The molecule has 0 N–H and O–H groups in total. The Morgan fingerprint density at radius 3 is 2.28 bits per heavy atom. The molecular weight excluding hydrogens is 338 g/mol. The molecule has 0 saturated heterocycles. The van der Waals surface area contributed by atoms with Crippen LogP contribution in [0.5, 0.6) is 0 Å². The highest BCUT2D eigenvalue weighted by molar-refractivity contribution is 7.90. The second-order valence-electron chi connectivity index (χ2n) is 5.39. The molecule has 0 aromatic heterocycles. The first-order valence-corrected chi connectivity index (χ1v) is 9.20. The predicted molar refractivity (Wildman–Crippen MR) is 91.1 cm³/mol. The van der Waals surface area contributed by atoms with E-state index in [1.54, 1.807) is 30.3 Å². The second kappa shape index (κ2) is 7.61. The Labute approximate surface area is 146 Å². The number of amides is 1. The molecule has 0 atom stereocenters. The van der Waals surface area contributed by atoms with Crippen molar-refractivity contribution in [1.29, 1.82) is 10.5 Å². The molecule has 0 aliphatic rings. The van der Waals surface area contributed by atoms with Crippen molar-refractivity contribution >= 4 is 15.7 Å². The van der Waals surface area contributed by atoms with Crippen molar-refractivity contribution in [3.05, 3.63) is 65.2 Å². The SMILES string of the molecule is CS(=O)(=O)c1ccc(CN(CC#N)C(=O)c2ccccc2C#N)cc1. The Morgan fingerprint density at radius 1 is 1.08 bits per heavy atom. The van der Waals surface area contributed by atoms with E-state index in [9.17, 15) is 13.2 Å². The number of rotatable bonds is 5. The molecule has 0 fully saturated rings. The second-order valence-corrected chi connectivity index (χ2v) is 7.41. The van der Waals surface area contributed by atoms with Crippen LogP contribution in [-0.4, -0.2) is 32.0 Å². The van der Waals surface area contributed by atoms with E-state index < -0.39 is 15.7 Å². The summed E-state index contributed by atoms with van der Waals surface area (Å²) in [5.74, 6) is -0.425. The van der Waals surface area contributed by atoms with E-state index >= 15 is 0 Å². The van der Waals surface area contributed by atoms with Gasteiger partial charge in [-0.2, -0.15) is 10.5 Å². The third kappa shape index (κ3) is 4.43. The van der Waals surface area contributed by atoms with Crippen LogP contribution in [0, 0.1) is 22.7 Å². The highest BCUT2D eigenvalue weighted by atomic mass is 32.2. The zero-order chi connectivity index (χ0) is 18.4. The van der Waals surface area contributed by atoms with Crippen LogP contribution in [0.1, 0.15) is 21.5 Å². The number of nitriles is 2. The lowest BCUT2D eigenvalue weighted by molar-refractivity contribution is 0.0764. The average molecular weight is 353 g/mol. The molecule has 2 rings (SSSR count). The van der Waals surface area contributed by atoms with Crippen LogP contribution in [0.4, 0.5) is 0 Å². The van der Waals surface area contributed by atoms with E-state index in [0.717, 1.165) is 6.26 Å². The topological polar surface area (TPSA) is 102 Å². The Kier molecular flexibility index (Phi) is 5.53. The molecule has 0 radical (unpaired) electrons. The third-order valence-corrected chi connectivity index (χ3v) is 4.68. The van der Waals surface area contributed by atoms with E-state index in [-0.39, 0.29) is 29.1 Å². The van der Waals surface area contributed by atoms with Crippen LogP contribution >= 0.6 is 0 Å². The molecule has 0 saturated carbocycles. The third-order valence-electron chi connectivity index (χ3n) is 3.55. The maximum atomic E-state index is 12.7. The standard InChI is InChI=1S/C18H15N3O3S/c1-25(23,24)16-8-6-14(7-9-16)13-21(11-10-19)18(22)17-5-3-2-4-15(17)12-20/h2-9H,11,13H2,1H3. The first-order valence-electron chi connectivity index (χ1n) is 7.31. The lowest BCUT2D eigenvalue weighted by Crippen LogP contribution is -2.31. The van der Waals surface area contributed by atoms with Crippen molar-refractivity contribution in [3.8, 4) is 12.1 Å². The Hall–Kier alpha value is -3.16. The molecule has 0 spiro atoms. The van der Waals surface area contributed by atoms with Crippen molar-refractivity contribution < 1.29 is 13.2 Å². The number of sulfone groups is 1. The fraction of sp³-hybridized carbons (Fsp3) is 0.167. The van der Waals surface area contributed by atoms with E-state index in [2.05, 4.69) is 0 Å². The van der Waals surface area contributed by atoms with Crippen LogP contribution in [0.2, 0.25) is 0 Å². The summed E-state index contributed by atoms with van der Waals surface area (Å²) in [6.45, 7) is -0.0113. The predicted octanol–water partition coefficient (Wildman–Crippen LogP) is 2.13. The monoisotopic (exact) mass is 353 g/mol. The zero-order valence-corrected chi connectivity index (χ0v) is 14.3. The lowest BCUT2D eigenvalue weighted by atomic mass is 10.1. The number of hydrogen-bond acceptors (Lipinski definition) is 5. The Balaban J connectivity index is 2.28. The maximum absolute atomic E-state index is 12.7. The minimum Gasteiger partial charge on any atom is -0.321 e. The van der Waals surface area contributed by atoms with Gasteiger partial charge in [0, 0.05) is 12.8 Å². The van der Waals surface area contributed by atoms with Gasteiger partial charge >= 0.3 is 0 Å². The highest BCUT2D eigenvalue weighted by Gasteiger charge is 2.19. The van der Waals surface area contributed by atoms with Gasteiger partial charge in [0.15, 0.2) is 9.84 Å². The molecule has 0 bridgehead atoms. The maximum Gasteiger partial charge on any atom is 0.256 e. The van der Waals surface area contributed by atoms with Crippen LogP contribution in [0.15, 0.2) is 53.4 Å². The van der Waals surface area contributed by atoms with Crippen molar-refractivity contribution in [2.75, 3.05) is 12.8 Å². The normalized spacial score (nSPS) is 10.5. The summed E-state index contributed by atoms with van der Waals surface area (Å²) in [5.41, 5.74) is 1.15. The van der Waals surface area contributed by atoms with E-state index in [1.165, 1.54) is 23.1 Å². The van der Waals surface area contributed by atoms with Gasteiger partial charge in [-0.1, -0.05) is 24.3 Å². The van der Waals surface area contributed by atoms with E-state index in [1.807, 2.05) is 12.1 Å². The van der Waals surface area contributed by atoms with Gasteiger partial charge in [-0.15, -0.1) is 0 Å². The van der Waals surface area contributed by atoms with E-state index in [0.29, 0.717) is 5.56 Å². The smallest absolute Gasteiger partial charge is 0.256 e. The number of benzene rings is 2. The summed E-state index contributed by atoms with van der Waals surface area (Å²) in [4.78, 5) is 14.2. The Morgan fingerprint density at radius 2 is 1.72 bits per heavy atom. The molecule has 6 nitrogen and oxygen atoms in total. The summed E-state index contributed by atoms with van der Waals surface area (Å²) < 4.78 is 23.0. The molecule has 0 unspecified atom stereocenters. The Bertz CT molecular complexity index is 968. The van der Waals surface area contributed by atoms with Crippen molar-refractivity contribution in [1.82, 2.24) is 4.90 Å². The van der Waals surface area contributed by atoms with Crippen LogP contribution in [-0.2, 0) is 16.4 Å². The molecule has 0 aliphatic carbocycles. The molecular formula is C18H15N3O3S. The number of nitrogens with zero attached hydrogens (tertiary/aromatic N) is 3. The van der Waals surface area contributed by atoms with Gasteiger partial charge in [0.1, 0.15) is 6.54 Å². The van der Waals surface area contributed by atoms with Gasteiger partial charge in [0.2, 0.25) is 0 Å². The van der Waals surface area contributed by atoms with E-state index in [4.69, 9.17) is 10.5 Å². The number of hydrogen-bond donors (Lipinski definition) is 0. The summed E-state index contributed by atoms with van der Waals surface area (Å²) in [6.07, 6.45) is 1.12. The quantitative estimate of drug-likeness (QED) is 0.766. The van der Waals surface area contributed by atoms with Crippen molar-refractivity contribution in [2.45, 2.75) is 11.4 Å². The summed E-state index contributed by atoms with van der Waals surface area (Å²) in [5, 5.41) is 18.1. The van der Waals surface area contributed by atoms with Gasteiger partial charge in [-0.25, -0.2) is 8.42 Å². The first-order chi connectivity index (χ1) is 11.9. The fourth-order valence-electron chi connectivity index (χ4n) is 2.28. The number of carbonyl (C=O) groups excluding carboxylic acids is 1. The van der Waals surface area contributed by atoms with Gasteiger partial charge in [0.05, 0.1) is 28.2 Å². The van der Waals surface area contributed by atoms with Crippen molar-refractivity contribution in [2.24, 2.45) is 0 Å². The molecule has 0 aliphatic heterocycles. The molecule has 25 heavy (non-hydrogen) atoms. The molecule has 1 amide bonds. The molecule has 2 aromatic carbocycles. The lowest BCUT2D eigenvalue weighted by Gasteiger charge is -2.20. The van der Waals surface area contributed by atoms with Gasteiger partial charge < -0.3 is 4.90 Å². The largest absolute Gasteiger partial charge is 0.321 e. The summed E-state index contributed by atoms with van der Waals surface area (Å²) >= 11 is 0. The van der Waals surface area contributed by atoms with Crippen LogP contribution in [0.25, 0.3) is 0 Å². The average Bonchev–Trinajstić information content (AvgIpc) is 2.60.